The standard InChI is InChI=1S/C18H27N5O2S2/c1-3-27(24,25)19-8-9-22-10-12-23(13-11-22)18-20-17(21-26-18)14-16-6-4-15(2)5-7-16/h4-7,19H,3,8-14H2,1-2H3. The fourth-order valence-corrected chi connectivity index (χ4v) is 4.30. The normalized spacial score (nSPS) is 16.0. The quantitative estimate of drug-likeness (QED) is 0.712. The molecule has 1 N–H and O–H groups in total. The van der Waals surface area contributed by atoms with Crippen molar-refractivity contribution in [2.24, 2.45) is 0 Å². The molecule has 0 atom stereocenters. The topological polar surface area (TPSA) is 78.4 Å². The first-order valence-corrected chi connectivity index (χ1v) is 11.7. The van der Waals surface area contributed by atoms with Crippen LogP contribution in [0.3, 0.4) is 0 Å². The third-order valence-corrected chi connectivity index (χ3v) is 6.93. The van der Waals surface area contributed by atoms with Crippen molar-refractivity contribution >= 4 is 26.7 Å². The first-order valence-electron chi connectivity index (χ1n) is 9.28. The molecular formula is C18H27N5O2S2. The van der Waals surface area contributed by atoms with E-state index in [1.165, 1.54) is 22.7 Å². The molecule has 1 fully saturated rings. The molecule has 0 spiro atoms. The molecule has 1 aromatic heterocycles. The lowest BCUT2D eigenvalue weighted by Gasteiger charge is -2.34. The van der Waals surface area contributed by atoms with Gasteiger partial charge in [-0.15, -0.1) is 0 Å². The fraction of sp³-hybridized carbons (Fsp3) is 0.556. The highest BCUT2D eigenvalue weighted by Gasteiger charge is 2.20. The SMILES string of the molecule is CCS(=O)(=O)NCCN1CCN(c2nc(Cc3ccc(C)cc3)ns2)CC1. The minimum absolute atomic E-state index is 0.128. The highest BCUT2D eigenvalue weighted by molar-refractivity contribution is 7.89. The summed E-state index contributed by atoms with van der Waals surface area (Å²) in [6.45, 7) is 8.52. The van der Waals surface area contributed by atoms with E-state index in [9.17, 15) is 8.42 Å². The molecular weight excluding hydrogens is 382 g/mol. The van der Waals surface area contributed by atoms with Gasteiger partial charge in [0.25, 0.3) is 0 Å². The zero-order valence-electron chi connectivity index (χ0n) is 15.9. The second-order valence-electron chi connectivity index (χ2n) is 6.78. The van der Waals surface area contributed by atoms with Gasteiger partial charge in [0.2, 0.25) is 15.2 Å². The molecule has 27 heavy (non-hydrogen) atoms. The van der Waals surface area contributed by atoms with Crippen LogP contribution in [0.5, 0.6) is 0 Å². The Labute approximate surface area is 165 Å². The molecule has 0 amide bonds. The minimum atomic E-state index is -3.10. The average molecular weight is 410 g/mol. The summed E-state index contributed by atoms with van der Waals surface area (Å²) in [5, 5.41) is 0.975. The highest BCUT2D eigenvalue weighted by Crippen LogP contribution is 2.20. The Balaban J connectivity index is 1.46. The summed E-state index contributed by atoms with van der Waals surface area (Å²) in [5.41, 5.74) is 2.48. The van der Waals surface area contributed by atoms with Crippen molar-refractivity contribution in [2.45, 2.75) is 20.3 Å². The van der Waals surface area contributed by atoms with Crippen molar-refractivity contribution in [3.8, 4) is 0 Å². The number of benzene rings is 1. The molecule has 0 radical (unpaired) electrons. The van der Waals surface area contributed by atoms with Crippen LogP contribution in [-0.2, 0) is 16.4 Å². The van der Waals surface area contributed by atoms with E-state index in [-0.39, 0.29) is 5.75 Å². The predicted octanol–water partition coefficient (Wildman–Crippen LogP) is 1.50. The third-order valence-electron chi connectivity index (χ3n) is 4.71. The number of piperazine rings is 1. The van der Waals surface area contributed by atoms with Crippen molar-refractivity contribution in [3.63, 3.8) is 0 Å². The molecule has 1 aromatic carbocycles. The molecule has 0 unspecified atom stereocenters. The van der Waals surface area contributed by atoms with E-state index in [2.05, 4.69) is 50.1 Å². The number of hydrogen-bond donors (Lipinski definition) is 1. The molecule has 1 aliphatic rings. The summed E-state index contributed by atoms with van der Waals surface area (Å²) >= 11 is 1.46. The van der Waals surface area contributed by atoms with Gasteiger partial charge in [-0.2, -0.15) is 4.37 Å². The van der Waals surface area contributed by atoms with E-state index in [0.717, 1.165) is 50.1 Å². The summed E-state index contributed by atoms with van der Waals surface area (Å²) in [7, 11) is -3.10. The summed E-state index contributed by atoms with van der Waals surface area (Å²) in [5.74, 6) is 0.998. The minimum Gasteiger partial charge on any atom is -0.344 e. The number of rotatable bonds is 8. The van der Waals surface area contributed by atoms with E-state index < -0.39 is 10.0 Å². The van der Waals surface area contributed by atoms with Crippen LogP contribution in [0, 0.1) is 6.92 Å². The molecule has 0 saturated carbocycles. The van der Waals surface area contributed by atoms with Gasteiger partial charge in [-0.05, 0) is 19.4 Å². The van der Waals surface area contributed by atoms with E-state index in [0.29, 0.717) is 6.54 Å². The maximum absolute atomic E-state index is 11.5. The zero-order chi connectivity index (χ0) is 19.3. The predicted molar refractivity (Wildman–Crippen MR) is 110 cm³/mol. The maximum atomic E-state index is 11.5. The second-order valence-corrected chi connectivity index (χ2v) is 9.61. The van der Waals surface area contributed by atoms with Gasteiger partial charge >= 0.3 is 0 Å². The number of aromatic nitrogens is 2. The van der Waals surface area contributed by atoms with Crippen LogP contribution in [0.25, 0.3) is 0 Å². The Morgan fingerprint density at radius 3 is 2.52 bits per heavy atom. The van der Waals surface area contributed by atoms with Gasteiger partial charge in [-0.3, -0.25) is 4.90 Å². The van der Waals surface area contributed by atoms with Crippen molar-refractivity contribution in [3.05, 3.63) is 41.2 Å². The van der Waals surface area contributed by atoms with Crippen LogP contribution >= 0.6 is 11.5 Å². The summed E-state index contributed by atoms with van der Waals surface area (Å²) in [6.07, 6.45) is 0.758. The summed E-state index contributed by atoms with van der Waals surface area (Å²) < 4.78 is 30.1. The van der Waals surface area contributed by atoms with Gasteiger partial charge in [0.1, 0.15) is 5.82 Å². The molecule has 148 valence electrons. The van der Waals surface area contributed by atoms with Crippen LogP contribution in [0.2, 0.25) is 0 Å². The lowest BCUT2D eigenvalue weighted by atomic mass is 10.1. The fourth-order valence-electron chi connectivity index (χ4n) is 2.96. The van der Waals surface area contributed by atoms with E-state index in [4.69, 9.17) is 4.98 Å². The smallest absolute Gasteiger partial charge is 0.211 e. The second kappa shape index (κ2) is 9.09. The van der Waals surface area contributed by atoms with Gasteiger partial charge in [0, 0.05) is 57.2 Å². The first kappa shape index (κ1) is 20.2. The molecule has 2 heterocycles. The van der Waals surface area contributed by atoms with Gasteiger partial charge in [-0.1, -0.05) is 29.8 Å². The highest BCUT2D eigenvalue weighted by atomic mass is 32.2. The molecule has 9 heteroatoms. The van der Waals surface area contributed by atoms with Gasteiger partial charge < -0.3 is 4.90 Å². The Morgan fingerprint density at radius 2 is 1.85 bits per heavy atom. The third kappa shape index (κ3) is 5.97. The number of sulfonamides is 1. The molecule has 1 saturated heterocycles. The Morgan fingerprint density at radius 1 is 1.15 bits per heavy atom. The Bertz CT molecular complexity index is 828. The largest absolute Gasteiger partial charge is 0.344 e. The van der Waals surface area contributed by atoms with Crippen LogP contribution in [0.4, 0.5) is 5.13 Å². The number of nitrogens with zero attached hydrogens (tertiary/aromatic N) is 4. The van der Waals surface area contributed by atoms with Gasteiger partial charge in [-0.25, -0.2) is 18.1 Å². The number of aryl methyl sites for hydroxylation is 1. The summed E-state index contributed by atoms with van der Waals surface area (Å²) in [4.78, 5) is 9.25. The molecule has 7 nitrogen and oxygen atoms in total. The number of nitrogens with one attached hydrogen (secondary N) is 1. The molecule has 2 aromatic rings. The maximum Gasteiger partial charge on any atom is 0.211 e. The van der Waals surface area contributed by atoms with E-state index in [1.54, 1.807) is 6.92 Å². The molecule has 3 rings (SSSR count). The lowest BCUT2D eigenvalue weighted by molar-refractivity contribution is 0.262. The van der Waals surface area contributed by atoms with Crippen molar-refractivity contribution in [1.29, 1.82) is 0 Å². The van der Waals surface area contributed by atoms with E-state index >= 15 is 0 Å². The number of hydrogen-bond acceptors (Lipinski definition) is 7. The van der Waals surface area contributed by atoms with Crippen LogP contribution < -0.4 is 9.62 Å². The first-order chi connectivity index (χ1) is 12.9. The average Bonchev–Trinajstić information content (AvgIpc) is 3.12. The van der Waals surface area contributed by atoms with Crippen molar-refractivity contribution < 1.29 is 8.42 Å². The van der Waals surface area contributed by atoms with Crippen molar-refractivity contribution in [2.75, 3.05) is 49.9 Å². The molecule has 0 bridgehead atoms. The molecule has 1 aliphatic heterocycles. The zero-order valence-corrected chi connectivity index (χ0v) is 17.5. The van der Waals surface area contributed by atoms with Crippen LogP contribution in [-0.4, -0.2) is 67.7 Å². The van der Waals surface area contributed by atoms with Crippen LogP contribution in [0.15, 0.2) is 24.3 Å². The Hall–Kier alpha value is -1.55. The van der Waals surface area contributed by atoms with Crippen molar-refractivity contribution in [1.82, 2.24) is 19.0 Å². The number of anilines is 1. The monoisotopic (exact) mass is 409 g/mol. The lowest BCUT2D eigenvalue weighted by Crippen LogP contribution is -2.48. The van der Waals surface area contributed by atoms with Gasteiger partial charge in [0.05, 0.1) is 5.75 Å². The summed E-state index contributed by atoms with van der Waals surface area (Å²) in [6, 6.07) is 8.48. The van der Waals surface area contributed by atoms with Crippen LogP contribution in [0.1, 0.15) is 23.9 Å². The van der Waals surface area contributed by atoms with E-state index in [1.807, 2.05) is 0 Å². The molecule has 0 aliphatic carbocycles. The Kier molecular flexibility index (Phi) is 6.80. The van der Waals surface area contributed by atoms with Gasteiger partial charge in [0.15, 0.2) is 0 Å².